The Labute approximate surface area is 166 Å². The third-order valence-corrected chi connectivity index (χ3v) is 6.78. The summed E-state index contributed by atoms with van der Waals surface area (Å²) in [4.78, 5) is 27.5. The van der Waals surface area contributed by atoms with Crippen LogP contribution in [0.2, 0.25) is 0 Å². The average Bonchev–Trinajstić information content (AvgIpc) is 3.29. The number of rotatable bonds is 4. The van der Waals surface area contributed by atoms with Crippen molar-refractivity contribution in [1.82, 2.24) is 0 Å². The molecule has 0 unspecified atom stereocenters. The zero-order valence-corrected chi connectivity index (χ0v) is 16.6. The Morgan fingerprint density at radius 2 is 1.85 bits per heavy atom. The molecule has 2 aromatic heterocycles. The third kappa shape index (κ3) is 3.82. The molecule has 1 atom stereocenters. The summed E-state index contributed by atoms with van der Waals surface area (Å²) in [6.07, 6.45) is 2.90. The Balaban J connectivity index is 1.67. The first-order valence-corrected chi connectivity index (χ1v) is 10.7. The number of amides is 2. The normalized spacial score (nSPS) is 15.8. The van der Waals surface area contributed by atoms with Crippen molar-refractivity contribution in [3.63, 3.8) is 0 Å². The first kappa shape index (κ1) is 17.9. The Morgan fingerprint density at radius 3 is 2.59 bits per heavy atom. The van der Waals surface area contributed by atoms with Crippen molar-refractivity contribution in [2.75, 3.05) is 10.6 Å². The quantitative estimate of drug-likeness (QED) is 0.617. The van der Waals surface area contributed by atoms with Crippen molar-refractivity contribution in [3.05, 3.63) is 68.7 Å². The average molecular weight is 397 g/mol. The molecule has 0 spiro atoms. The lowest BCUT2D eigenvalue weighted by Gasteiger charge is -2.18. The van der Waals surface area contributed by atoms with Crippen molar-refractivity contribution in [1.29, 1.82) is 0 Å². The summed E-state index contributed by atoms with van der Waals surface area (Å²) < 4.78 is 0. The number of anilines is 2. The minimum atomic E-state index is -0.162. The molecule has 2 amide bonds. The van der Waals surface area contributed by atoms with Gasteiger partial charge in [-0.25, -0.2) is 0 Å². The van der Waals surface area contributed by atoms with Crippen LogP contribution in [0.4, 0.5) is 10.7 Å². The summed E-state index contributed by atoms with van der Waals surface area (Å²) in [5.74, 6) is 0.280. The van der Waals surface area contributed by atoms with Crippen molar-refractivity contribution < 1.29 is 9.59 Å². The highest BCUT2D eigenvalue weighted by molar-refractivity contribution is 7.17. The Hall–Kier alpha value is -2.44. The number of benzene rings is 1. The van der Waals surface area contributed by atoms with E-state index < -0.39 is 0 Å². The summed E-state index contributed by atoms with van der Waals surface area (Å²) >= 11 is 2.94. The van der Waals surface area contributed by atoms with Gasteiger partial charge in [-0.15, -0.1) is 22.7 Å². The maximum absolute atomic E-state index is 13.1. The van der Waals surface area contributed by atoms with Crippen LogP contribution in [0.5, 0.6) is 0 Å². The molecule has 6 heteroatoms. The van der Waals surface area contributed by atoms with Crippen molar-refractivity contribution >= 4 is 45.2 Å². The highest BCUT2D eigenvalue weighted by atomic mass is 32.1. The van der Waals surface area contributed by atoms with Gasteiger partial charge < -0.3 is 10.6 Å². The zero-order valence-electron chi connectivity index (χ0n) is 15.0. The lowest BCUT2D eigenvalue weighted by atomic mass is 9.88. The maximum Gasteiger partial charge on any atom is 0.266 e. The molecular weight excluding hydrogens is 376 g/mol. The number of hydrogen-bond acceptors (Lipinski definition) is 4. The summed E-state index contributed by atoms with van der Waals surface area (Å²) in [5, 5.41) is 8.48. The fourth-order valence-corrected chi connectivity index (χ4v) is 5.39. The second-order valence-electron chi connectivity index (χ2n) is 6.81. The first-order valence-electron chi connectivity index (χ1n) is 8.97. The van der Waals surface area contributed by atoms with Gasteiger partial charge in [-0.1, -0.05) is 31.2 Å². The number of fused-ring (bicyclic) bond motifs is 1. The van der Waals surface area contributed by atoms with Gasteiger partial charge in [0.2, 0.25) is 0 Å². The molecule has 2 heterocycles. The molecule has 27 heavy (non-hydrogen) atoms. The van der Waals surface area contributed by atoms with Gasteiger partial charge in [-0.2, -0.15) is 0 Å². The highest BCUT2D eigenvalue weighted by Crippen LogP contribution is 2.40. The maximum atomic E-state index is 13.1. The predicted molar refractivity (Wildman–Crippen MR) is 112 cm³/mol. The second-order valence-corrected chi connectivity index (χ2v) is 8.86. The van der Waals surface area contributed by atoms with E-state index in [4.69, 9.17) is 0 Å². The molecule has 2 N–H and O–H groups in total. The molecule has 0 aliphatic heterocycles. The Morgan fingerprint density at radius 1 is 1.04 bits per heavy atom. The fraction of sp³-hybridized carbons (Fsp3) is 0.238. The van der Waals surface area contributed by atoms with Crippen LogP contribution in [-0.2, 0) is 12.8 Å². The third-order valence-electron chi connectivity index (χ3n) is 4.74. The molecule has 1 aliphatic rings. The molecule has 4 rings (SSSR count). The number of carbonyl (C=O) groups excluding carboxylic acids is 2. The summed E-state index contributed by atoms with van der Waals surface area (Å²) in [6.45, 7) is 2.23. The van der Waals surface area contributed by atoms with Gasteiger partial charge in [0.05, 0.1) is 10.4 Å². The summed E-state index contributed by atoms with van der Waals surface area (Å²) in [6, 6.07) is 13.1. The van der Waals surface area contributed by atoms with E-state index in [-0.39, 0.29) is 11.8 Å². The number of hydrogen-bond donors (Lipinski definition) is 2. The van der Waals surface area contributed by atoms with Crippen LogP contribution in [0, 0.1) is 5.92 Å². The summed E-state index contributed by atoms with van der Waals surface area (Å²) in [7, 11) is 0. The number of thiophene rings is 2. The molecule has 0 bridgehead atoms. The van der Waals surface area contributed by atoms with Gasteiger partial charge in [0.15, 0.2) is 0 Å². The van der Waals surface area contributed by atoms with E-state index in [2.05, 4.69) is 17.6 Å². The molecule has 0 saturated heterocycles. The van der Waals surface area contributed by atoms with Gasteiger partial charge in [0.1, 0.15) is 5.00 Å². The lowest BCUT2D eigenvalue weighted by Crippen LogP contribution is -2.19. The standard InChI is InChI=1S/C21H20N2O2S2/c1-13-9-10-15-17(12-13)27-21(23-19(24)16-8-5-11-26-16)18(15)20(25)22-14-6-3-2-4-7-14/h2-8,11,13H,9-10,12H2,1H3,(H,22,25)(H,23,24)/t13-/m1/s1. The van der Waals surface area contributed by atoms with Crippen LogP contribution in [0.25, 0.3) is 0 Å². The van der Waals surface area contributed by atoms with Gasteiger partial charge in [0, 0.05) is 10.6 Å². The van der Waals surface area contributed by atoms with E-state index in [9.17, 15) is 9.59 Å². The van der Waals surface area contributed by atoms with E-state index in [0.717, 1.165) is 30.5 Å². The molecule has 138 valence electrons. The molecular formula is C21H20N2O2S2. The largest absolute Gasteiger partial charge is 0.322 e. The molecule has 0 fully saturated rings. The van der Waals surface area contributed by atoms with E-state index >= 15 is 0 Å². The van der Waals surface area contributed by atoms with Crippen LogP contribution in [0.1, 0.15) is 43.8 Å². The van der Waals surface area contributed by atoms with Gasteiger partial charge in [-0.3, -0.25) is 9.59 Å². The minimum absolute atomic E-state index is 0.158. The molecule has 3 aromatic rings. The smallest absolute Gasteiger partial charge is 0.266 e. The van der Waals surface area contributed by atoms with Gasteiger partial charge >= 0.3 is 0 Å². The van der Waals surface area contributed by atoms with Crippen LogP contribution in [0.15, 0.2) is 47.8 Å². The molecule has 1 aliphatic carbocycles. The number of nitrogens with one attached hydrogen (secondary N) is 2. The van der Waals surface area contributed by atoms with Crippen molar-refractivity contribution in [2.45, 2.75) is 26.2 Å². The van der Waals surface area contributed by atoms with Crippen LogP contribution < -0.4 is 10.6 Å². The minimum Gasteiger partial charge on any atom is -0.322 e. The van der Waals surface area contributed by atoms with Crippen molar-refractivity contribution in [2.24, 2.45) is 5.92 Å². The highest BCUT2D eigenvalue weighted by Gasteiger charge is 2.28. The predicted octanol–water partition coefficient (Wildman–Crippen LogP) is 5.44. The number of para-hydroxylation sites is 1. The molecule has 1 aromatic carbocycles. The van der Waals surface area contributed by atoms with Crippen LogP contribution >= 0.6 is 22.7 Å². The van der Waals surface area contributed by atoms with E-state index in [1.807, 2.05) is 41.8 Å². The summed E-state index contributed by atoms with van der Waals surface area (Å²) in [5.41, 5.74) is 2.46. The Bertz CT molecular complexity index is 962. The molecule has 0 radical (unpaired) electrons. The van der Waals surface area contributed by atoms with Gasteiger partial charge in [0.25, 0.3) is 11.8 Å². The monoisotopic (exact) mass is 396 g/mol. The SMILES string of the molecule is C[C@@H]1CCc2c(sc(NC(=O)c3cccs3)c2C(=O)Nc2ccccc2)C1. The Kier molecular flexibility index (Phi) is 5.09. The fourth-order valence-electron chi connectivity index (χ4n) is 3.37. The van der Waals surface area contributed by atoms with E-state index in [1.54, 1.807) is 17.4 Å². The van der Waals surface area contributed by atoms with E-state index in [1.165, 1.54) is 16.2 Å². The molecule has 4 nitrogen and oxygen atoms in total. The topological polar surface area (TPSA) is 58.2 Å². The molecule has 0 saturated carbocycles. The van der Waals surface area contributed by atoms with Gasteiger partial charge in [-0.05, 0) is 54.3 Å². The van der Waals surface area contributed by atoms with Crippen LogP contribution in [0.3, 0.4) is 0 Å². The van der Waals surface area contributed by atoms with Crippen molar-refractivity contribution in [3.8, 4) is 0 Å². The first-order chi connectivity index (χ1) is 13.1. The lowest BCUT2D eigenvalue weighted by molar-refractivity contribution is 0.102. The van der Waals surface area contributed by atoms with Crippen LogP contribution in [-0.4, -0.2) is 11.8 Å². The zero-order chi connectivity index (χ0) is 18.8. The number of carbonyl (C=O) groups is 2. The second kappa shape index (κ2) is 7.66. The van der Waals surface area contributed by atoms with E-state index in [0.29, 0.717) is 21.4 Å².